The third-order valence-corrected chi connectivity index (χ3v) is 6.22. The van der Waals surface area contributed by atoms with Gasteiger partial charge in [0.15, 0.2) is 0 Å². The Labute approximate surface area is 206 Å². The smallest absolute Gasteiger partial charge is 0.310 e. The molecule has 4 heterocycles. The first-order valence-electron chi connectivity index (χ1n) is 12.1. The summed E-state index contributed by atoms with van der Waals surface area (Å²) in [5.41, 5.74) is 3.24. The Morgan fingerprint density at radius 1 is 1.17 bits per heavy atom. The summed E-state index contributed by atoms with van der Waals surface area (Å²) in [5.74, 6) is 0.732. The highest BCUT2D eigenvalue weighted by Crippen LogP contribution is 2.30. The maximum absolute atomic E-state index is 12.3. The number of ether oxygens (including phenoxy) is 1. The van der Waals surface area contributed by atoms with Gasteiger partial charge >= 0.3 is 5.97 Å². The second-order valence-electron chi connectivity index (χ2n) is 10.8. The second kappa shape index (κ2) is 9.68. The van der Waals surface area contributed by atoms with Crippen LogP contribution in [0.2, 0.25) is 0 Å². The number of carbonyl (C=O) groups excluding carboxylic acids is 2. The van der Waals surface area contributed by atoms with Crippen LogP contribution in [0.25, 0.3) is 22.3 Å². The summed E-state index contributed by atoms with van der Waals surface area (Å²) < 4.78 is 5.42. The number of rotatable bonds is 5. The molecule has 8 heteroatoms. The number of pyridine rings is 2. The molecule has 2 atom stereocenters. The van der Waals surface area contributed by atoms with E-state index in [-0.39, 0.29) is 35.8 Å². The van der Waals surface area contributed by atoms with E-state index in [1.54, 1.807) is 13.1 Å². The number of aromatic nitrogens is 3. The van der Waals surface area contributed by atoms with Crippen molar-refractivity contribution in [3.63, 3.8) is 0 Å². The van der Waals surface area contributed by atoms with Gasteiger partial charge in [-0.3, -0.25) is 9.59 Å². The zero-order valence-electron chi connectivity index (χ0n) is 21.5. The summed E-state index contributed by atoms with van der Waals surface area (Å²) in [7, 11) is 0. The van der Waals surface area contributed by atoms with Crippen molar-refractivity contribution >= 4 is 28.7 Å². The minimum Gasteiger partial charge on any atom is -0.465 e. The van der Waals surface area contributed by atoms with Crippen LogP contribution in [-0.2, 0) is 20.7 Å². The molecule has 1 aliphatic heterocycles. The molecule has 0 aromatic carbocycles. The molecule has 1 aliphatic rings. The number of fused-ring (bicyclic) bond motifs is 1. The second-order valence-corrected chi connectivity index (χ2v) is 10.8. The Kier molecular flexibility index (Phi) is 6.83. The summed E-state index contributed by atoms with van der Waals surface area (Å²) in [4.78, 5) is 41.2. The van der Waals surface area contributed by atoms with E-state index in [1.807, 2.05) is 56.1 Å². The molecule has 1 saturated heterocycles. The predicted molar refractivity (Wildman–Crippen MR) is 137 cm³/mol. The lowest BCUT2D eigenvalue weighted by Crippen LogP contribution is -2.58. The van der Waals surface area contributed by atoms with Gasteiger partial charge in [0.1, 0.15) is 11.5 Å². The van der Waals surface area contributed by atoms with Crippen molar-refractivity contribution in [2.75, 3.05) is 24.6 Å². The van der Waals surface area contributed by atoms with E-state index in [0.29, 0.717) is 6.61 Å². The normalized spacial score (nSPS) is 18.7. The number of esters is 1. The van der Waals surface area contributed by atoms with Crippen molar-refractivity contribution in [1.29, 1.82) is 0 Å². The van der Waals surface area contributed by atoms with Crippen LogP contribution in [0.15, 0.2) is 36.7 Å². The molecule has 35 heavy (non-hydrogen) atoms. The predicted octanol–water partition coefficient (Wildman–Crippen LogP) is 4.20. The number of carbonyl (C=O) groups is 2. The van der Waals surface area contributed by atoms with Crippen LogP contribution in [0, 0.1) is 5.41 Å². The van der Waals surface area contributed by atoms with E-state index in [2.05, 4.69) is 28.7 Å². The first kappa shape index (κ1) is 24.7. The maximum atomic E-state index is 12.3. The highest BCUT2D eigenvalue weighted by atomic mass is 16.5. The highest BCUT2D eigenvalue weighted by Gasteiger charge is 2.31. The molecule has 0 aliphatic carbocycles. The van der Waals surface area contributed by atoms with Crippen LogP contribution in [0.3, 0.4) is 0 Å². The van der Waals surface area contributed by atoms with Gasteiger partial charge in [-0.25, -0.2) is 9.97 Å². The van der Waals surface area contributed by atoms with Gasteiger partial charge in [-0.05, 0) is 43.0 Å². The molecule has 4 rings (SSSR count). The number of nitrogens with zero attached hydrogens (tertiary/aromatic N) is 4. The Morgan fingerprint density at radius 3 is 2.54 bits per heavy atom. The van der Waals surface area contributed by atoms with Crippen molar-refractivity contribution in [3.05, 3.63) is 42.2 Å². The molecule has 0 saturated carbocycles. The summed E-state index contributed by atoms with van der Waals surface area (Å²) in [6, 6.07) is 8.20. The number of aromatic amines is 1. The first-order valence-corrected chi connectivity index (χ1v) is 12.1. The largest absolute Gasteiger partial charge is 0.465 e. The van der Waals surface area contributed by atoms with E-state index >= 15 is 0 Å². The van der Waals surface area contributed by atoms with E-state index in [9.17, 15) is 9.59 Å². The molecule has 1 N–H and O–H groups in total. The number of anilines is 1. The SMILES string of the molecule is CC(=O)N1[C@H](C)CN(c2cccc(-c3c[nH]c4ncc(CC(=O)OCC(C)(C)C)cc34)n2)C[C@@H]1C. The van der Waals surface area contributed by atoms with Gasteiger partial charge < -0.3 is 19.5 Å². The van der Waals surface area contributed by atoms with Crippen LogP contribution in [0.1, 0.15) is 47.1 Å². The van der Waals surface area contributed by atoms with Crippen LogP contribution >= 0.6 is 0 Å². The van der Waals surface area contributed by atoms with Crippen molar-refractivity contribution in [2.24, 2.45) is 5.41 Å². The molecule has 0 unspecified atom stereocenters. The van der Waals surface area contributed by atoms with Crippen molar-refractivity contribution in [2.45, 2.75) is 60.0 Å². The number of hydrogen-bond acceptors (Lipinski definition) is 6. The topological polar surface area (TPSA) is 91.4 Å². The van der Waals surface area contributed by atoms with Crippen LogP contribution in [0.4, 0.5) is 5.82 Å². The Balaban J connectivity index is 1.56. The fourth-order valence-electron chi connectivity index (χ4n) is 4.75. The monoisotopic (exact) mass is 477 g/mol. The summed E-state index contributed by atoms with van der Waals surface area (Å²) in [5, 5.41) is 0.916. The molecular weight excluding hydrogens is 442 g/mol. The number of H-pyrrole nitrogens is 1. The fourth-order valence-corrected chi connectivity index (χ4v) is 4.75. The molecule has 3 aromatic rings. The van der Waals surface area contributed by atoms with E-state index in [1.165, 1.54) is 0 Å². The molecular formula is C27H35N5O3. The summed E-state index contributed by atoms with van der Waals surface area (Å²) >= 11 is 0. The van der Waals surface area contributed by atoms with Gasteiger partial charge in [0.25, 0.3) is 0 Å². The van der Waals surface area contributed by atoms with Gasteiger partial charge in [0.05, 0.1) is 18.7 Å². The maximum Gasteiger partial charge on any atom is 0.310 e. The molecule has 3 aromatic heterocycles. The van der Waals surface area contributed by atoms with E-state index < -0.39 is 0 Å². The van der Waals surface area contributed by atoms with E-state index in [4.69, 9.17) is 9.72 Å². The molecule has 0 radical (unpaired) electrons. The molecule has 0 bridgehead atoms. The number of hydrogen-bond donors (Lipinski definition) is 1. The lowest BCUT2D eigenvalue weighted by atomic mass is 9.99. The lowest BCUT2D eigenvalue weighted by Gasteiger charge is -2.44. The third-order valence-electron chi connectivity index (χ3n) is 6.22. The van der Waals surface area contributed by atoms with Crippen LogP contribution in [-0.4, -0.2) is 63.5 Å². The molecule has 186 valence electrons. The van der Waals surface area contributed by atoms with Gasteiger partial charge in [0.2, 0.25) is 5.91 Å². The van der Waals surface area contributed by atoms with Crippen molar-refractivity contribution < 1.29 is 14.3 Å². The van der Waals surface area contributed by atoms with Gasteiger partial charge in [-0.2, -0.15) is 0 Å². The Bertz CT molecular complexity index is 1220. The number of amides is 1. The summed E-state index contributed by atoms with van der Waals surface area (Å²) in [6.07, 6.45) is 3.79. The first-order chi connectivity index (χ1) is 16.5. The minimum atomic E-state index is -0.258. The highest BCUT2D eigenvalue weighted by molar-refractivity contribution is 5.93. The van der Waals surface area contributed by atoms with Gasteiger partial charge in [0, 0.05) is 55.4 Å². The van der Waals surface area contributed by atoms with E-state index in [0.717, 1.165) is 46.8 Å². The third kappa shape index (κ3) is 5.63. The zero-order chi connectivity index (χ0) is 25.3. The molecule has 0 spiro atoms. The van der Waals surface area contributed by atoms with Gasteiger partial charge in [-0.15, -0.1) is 0 Å². The average molecular weight is 478 g/mol. The Hall–Kier alpha value is -3.42. The fraction of sp³-hybridized carbons (Fsp3) is 0.481. The van der Waals surface area contributed by atoms with Crippen LogP contribution < -0.4 is 4.90 Å². The van der Waals surface area contributed by atoms with Gasteiger partial charge in [-0.1, -0.05) is 26.8 Å². The summed E-state index contributed by atoms with van der Waals surface area (Å²) in [6.45, 7) is 13.7. The number of nitrogens with one attached hydrogen (secondary N) is 1. The van der Waals surface area contributed by atoms with Crippen molar-refractivity contribution in [3.8, 4) is 11.3 Å². The lowest BCUT2D eigenvalue weighted by molar-refractivity contribution is -0.145. The quantitative estimate of drug-likeness (QED) is 0.554. The zero-order valence-corrected chi connectivity index (χ0v) is 21.5. The minimum absolute atomic E-state index is 0.0728. The standard InChI is InChI=1S/C27H35N5O3/c1-17-14-31(15-18(2)32(17)19(3)33)24-9-7-8-23(30-24)22-13-29-26-21(22)10-20(12-28-26)11-25(34)35-16-27(4,5)6/h7-10,12-13,17-18H,11,14-16H2,1-6H3,(H,28,29)/t17-,18+. The van der Waals surface area contributed by atoms with Crippen LogP contribution in [0.5, 0.6) is 0 Å². The number of piperazine rings is 1. The average Bonchev–Trinajstić information content (AvgIpc) is 3.20. The van der Waals surface area contributed by atoms with Crippen molar-refractivity contribution in [1.82, 2.24) is 19.9 Å². The molecule has 1 amide bonds. The Morgan fingerprint density at radius 2 is 1.89 bits per heavy atom. The molecule has 8 nitrogen and oxygen atoms in total. The molecule has 1 fully saturated rings.